The third kappa shape index (κ3) is 3.11. The van der Waals surface area contributed by atoms with Gasteiger partial charge in [-0.25, -0.2) is 9.97 Å². The molecule has 0 saturated heterocycles. The molecule has 1 aliphatic rings. The first-order valence-electron chi connectivity index (χ1n) is 11.0. The van der Waals surface area contributed by atoms with Gasteiger partial charge < -0.3 is 4.90 Å². The van der Waals surface area contributed by atoms with Crippen LogP contribution in [-0.4, -0.2) is 45.8 Å². The first-order chi connectivity index (χ1) is 16.6. The van der Waals surface area contributed by atoms with Gasteiger partial charge in [0.1, 0.15) is 0 Å². The summed E-state index contributed by atoms with van der Waals surface area (Å²) in [5, 5.41) is 5.50. The molecular formula is C26H20N6O2. The van der Waals surface area contributed by atoms with Crippen molar-refractivity contribution in [2.75, 3.05) is 29.9 Å². The van der Waals surface area contributed by atoms with Crippen LogP contribution in [0.5, 0.6) is 0 Å². The maximum absolute atomic E-state index is 14.0. The Hall–Kier alpha value is -4.59. The highest BCUT2D eigenvalue weighted by Crippen LogP contribution is 2.32. The summed E-state index contributed by atoms with van der Waals surface area (Å²) in [6.07, 6.45) is 0. The van der Waals surface area contributed by atoms with Crippen molar-refractivity contribution < 1.29 is 4.79 Å². The lowest BCUT2D eigenvalue weighted by molar-refractivity contribution is 0.0981. The van der Waals surface area contributed by atoms with Gasteiger partial charge >= 0.3 is 0 Å². The van der Waals surface area contributed by atoms with Crippen LogP contribution >= 0.6 is 0 Å². The first-order valence-corrected chi connectivity index (χ1v) is 11.0. The predicted molar refractivity (Wildman–Crippen MR) is 132 cm³/mol. The van der Waals surface area contributed by atoms with Crippen LogP contribution in [0.1, 0.15) is 10.5 Å². The molecule has 0 bridgehead atoms. The van der Waals surface area contributed by atoms with Crippen LogP contribution in [0.2, 0.25) is 0 Å². The molecule has 1 aliphatic heterocycles. The highest BCUT2D eigenvalue weighted by atomic mass is 16.2. The number of rotatable bonds is 2. The molecule has 0 spiro atoms. The third-order valence-electron chi connectivity index (χ3n) is 6.06. The minimum Gasteiger partial charge on any atom is -0.355 e. The van der Waals surface area contributed by atoms with Gasteiger partial charge in [0.15, 0.2) is 17.3 Å². The van der Waals surface area contributed by atoms with Crippen molar-refractivity contribution in [1.29, 1.82) is 0 Å². The molecule has 3 aromatic carbocycles. The van der Waals surface area contributed by atoms with Gasteiger partial charge in [0.05, 0.1) is 22.1 Å². The standard InChI is InChI=1S/C26H20N6O2/c1-30-15-16-31(24-23(30)27-20-13-7-8-14-21(20)28-24)26(34)22-18-11-5-6-12-19(18)25(33)32(29-22)17-9-3-2-4-10-17/h2-14H,15-16H2,1H3. The van der Waals surface area contributed by atoms with Gasteiger partial charge in [-0.3, -0.25) is 14.5 Å². The van der Waals surface area contributed by atoms with E-state index in [-0.39, 0.29) is 17.2 Å². The molecule has 0 fully saturated rings. The maximum atomic E-state index is 14.0. The molecule has 0 atom stereocenters. The molecule has 166 valence electrons. The van der Waals surface area contributed by atoms with Gasteiger partial charge in [-0.15, -0.1) is 0 Å². The number of likely N-dealkylation sites (N-methyl/N-ethyl adjacent to an activating group) is 1. The van der Waals surface area contributed by atoms with E-state index in [0.717, 1.165) is 5.52 Å². The maximum Gasteiger partial charge on any atom is 0.280 e. The van der Waals surface area contributed by atoms with Crippen molar-refractivity contribution in [3.8, 4) is 5.69 Å². The zero-order valence-electron chi connectivity index (χ0n) is 18.4. The van der Waals surface area contributed by atoms with Crippen LogP contribution in [0.4, 0.5) is 11.6 Å². The Balaban J connectivity index is 1.56. The van der Waals surface area contributed by atoms with Crippen LogP contribution < -0.4 is 15.4 Å². The fraction of sp³-hybridized carbons (Fsp3) is 0.115. The number of carbonyl (C=O) groups is 1. The molecule has 6 rings (SSSR count). The van der Waals surface area contributed by atoms with E-state index in [1.165, 1.54) is 4.68 Å². The number of amides is 1. The van der Waals surface area contributed by atoms with Crippen LogP contribution in [-0.2, 0) is 0 Å². The quantitative estimate of drug-likeness (QED) is 0.411. The molecule has 8 nitrogen and oxygen atoms in total. The second-order valence-corrected chi connectivity index (χ2v) is 8.18. The van der Waals surface area contributed by atoms with Crippen LogP contribution in [0.15, 0.2) is 83.7 Å². The number of hydrogen-bond acceptors (Lipinski definition) is 6. The smallest absolute Gasteiger partial charge is 0.280 e. The molecule has 0 saturated carbocycles. The van der Waals surface area contributed by atoms with Crippen molar-refractivity contribution in [2.24, 2.45) is 0 Å². The average Bonchev–Trinajstić information content (AvgIpc) is 2.89. The highest BCUT2D eigenvalue weighted by molar-refractivity contribution is 6.13. The van der Waals surface area contributed by atoms with Gasteiger partial charge in [0.25, 0.3) is 11.5 Å². The zero-order chi connectivity index (χ0) is 23.2. The Morgan fingerprint density at radius 2 is 1.38 bits per heavy atom. The Morgan fingerprint density at radius 3 is 2.12 bits per heavy atom. The van der Waals surface area contributed by atoms with Crippen LogP contribution in [0, 0.1) is 0 Å². The SMILES string of the molecule is CN1CCN(C(=O)c2nn(-c3ccccc3)c(=O)c3ccccc23)c2nc3ccccc3nc21. The summed E-state index contributed by atoms with van der Waals surface area (Å²) in [6.45, 7) is 1.03. The van der Waals surface area contributed by atoms with Gasteiger partial charge in [-0.05, 0) is 30.3 Å². The summed E-state index contributed by atoms with van der Waals surface area (Å²) in [4.78, 5) is 40.3. The molecule has 34 heavy (non-hydrogen) atoms. The van der Waals surface area contributed by atoms with E-state index in [1.807, 2.05) is 54.4 Å². The molecule has 3 heterocycles. The summed E-state index contributed by atoms with van der Waals surface area (Å²) in [5.74, 6) is 0.805. The Bertz CT molecular complexity index is 1630. The number of para-hydroxylation sites is 3. The molecule has 0 radical (unpaired) electrons. The van der Waals surface area contributed by atoms with E-state index in [1.54, 1.807) is 41.3 Å². The van der Waals surface area contributed by atoms with E-state index in [4.69, 9.17) is 9.97 Å². The largest absolute Gasteiger partial charge is 0.355 e. The second kappa shape index (κ2) is 7.77. The fourth-order valence-corrected chi connectivity index (χ4v) is 4.30. The average molecular weight is 448 g/mol. The minimum absolute atomic E-state index is 0.199. The third-order valence-corrected chi connectivity index (χ3v) is 6.06. The van der Waals surface area contributed by atoms with Crippen molar-refractivity contribution >= 4 is 39.3 Å². The van der Waals surface area contributed by atoms with Gasteiger partial charge in [0, 0.05) is 25.5 Å². The van der Waals surface area contributed by atoms with E-state index < -0.39 is 0 Å². The summed E-state index contributed by atoms with van der Waals surface area (Å²) in [5.41, 5.74) is 1.99. The zero-order valence-corrected chi connectivity index (χ0v) is 18.4. The lowest BCUT2D eigenvalue weighted by atomic mass is 10.1. The van der Waals surface area contributed by atoms with Crippen LogP contribution in [0.25, 0.3) is 27.5 Å². The van der Waals surface area contributed by atoms with Crippen LogP contribution in [0.3, 0.4) is 0 Å². The summed E-state index contributed by atoms with van der Waals surface area (Å²) < 4.78 is 1.29. The van der Waals surface area contributed by atoms with E-state index >= 15 is 0 Å². The molecule has 5 aromatic rings. The minimum atomic E-state index is -0.320. The number of aromatic nitrogens is 4. The number of benzene rings is 3. The fourth-order valence-electron chi connectivity index (χ4n) is 4.30. The predicted octanol–water partition coefficient (Wildman–Crippen LogP) is 3.43. The van der Waals surface area contributed by atoms with Gasteiger partial charge in [-0.2, -0.15) is 9.78 Å². The molecule has 2 aromatic heterocycles. The molecule has 0 aliphatic carbocycles. The van der Waals surface area contributed by atoms with E-state index in [0.29, 0.717) is 46.7 Å². The number of fused-ring (bicyclic) bond motifs is 3. The topological polar surface area (TPSA) is 84.2 Å². The first kappa shape index (κ1) is 20.0. The summed E-state index contributed by atoms with van der Waals surface area (Å²) in [6, 6.07) is 23.8. The molecule has 0 unspecified atom stereocenters. The molecule has 0 N–H and O–H groups in total. The van der Waals surface area contributed by atoms with E-state index in [2.05, 4.69) is 5.10 Å². The number of hydrogen-bond donors (Lipinski definition) is 0. The van der Waals surface area contributed by atoms with Crippen molar-refractivity contribution in [3.05, 3.63) is 94.9 Å². The lowest BCUT2D eigenvalue weighted by Gasteiger charge is -2.33. The summed E-state index contributed by atoms with van der Waals surface area (Å²) >= 11 is 0. The molecular weight excluding hydrogens is 428 g/mol. The number of carbonyl (C=O) groups excluding carboxylic acids is 1. The highest BCUT2D eigenvalue weighted by Gasteiger charge is 2.31. The number of nitrogens with zero attached hydrogens (tertiary/aromatic N) is 6. The monoisotopic (exact) mass is 448 g/mol. The Morgan fingerprint density at radius 1 is 0.765 bits per heavy atom. The second-order valence-electron chi connectivity index (χ2n) is 8.18. The van der Waals surface area contributed by atoms with Crippen molar-refractivity contribution in [1.82, 2.24) is 19.7 Å². The van der Waals surface area contributed by atoms with Gasteiger partial charge in [0.2, 0.25) is 0 Å². The Labute approximate surface area is 194 Å². The van der Waals surface area contributed by atoms with Crippen molar-refractivity contribution in [2.45, 2.75) is 0 Å². The normalized spacial score (nSPS) is 13.3. The summed E-state index contributed by atoms with van der Waals surface area (Å²) in [7, 11) is 1.94. The number of anilines is 2. The Kier molecular flexibility index (Phi) is 4.58. The molecule has 1 amide bonds. The van der Waals surface area contributed by atoms with Gasteiger partial charge in [-0.1, -0.05) is 48.5 Å². The van der Waals surface area contributed by atoms with E-state index in [9.17, 15) is 9.59 Å². The molecule has 8 heteroatoms. The lowest BCUT2D eigenvalue weighted by Crippen LogP contribution is -2.44. The van der Waals surface area contributed by atoms with Crippen molar-refractivity contribution in [3.63, 3.8) is 0 Å².